The summed E-state index contributed by atoms with van der Waals surface area (Å²) in [5.41, 5.74) is 0.246. The molecule has 0 aliphatic rings. The van der Waals surface area contributed by atoms with E-state index in [1.54, 1.807) is 51.1 Å². The summed E-state index contributed by atoms with van der Waals surface area (Å²) in [5.74, 6) is -0.301. The van der Waals surface area contributed by atoms with Gasteiger partial charge < -0.3 is 9.84 Å². The van der Waals surface area contributed by atoms with E-state index >= 15 is 0 Å². The average Bonchev–Trinajstić information content (AvgIpc) is 2.33. The summed E-state index contributed by atoms with van der Waals surface area (Å²) in [6.45, 7) is 5.35. The lowest BCUT2D eigenvalue weighted by molar-refractivity contribution is -0.146. The van der Waals surface area contributed by atoms with Gasteiger partial charge in [-0.3, -0.25) is 4.79 Å². The molecule has 0 fully saturated rings. The topological polar surface area (TPSA) is 46.5 Å². The first-order chi connectivity index (χ1) is 8.80. The fourth-order valence-corrected chi connectivity index (χ4v) is 1.42. The monoisotopic (exact) mass is 282 g/mol. The Hall–Kier alpha value is -1.32. The van der Waals surface area contributed by atoms with E-state index in [1.165, 1.54) is 6.26 Å². The van der Waals surface area contributed by atoms with Crippen LogP contribution in [0, 0.1) is 5.41 Å². The third-order valence-electron chi connectivity index (χ3n) is 2.50. The fourth-order valence-electron chi connectivity index (χ4n) is 1.29. The van der Waals surface area contributed by atoms with Crippen molar-refractivity contribution >= 4 is 17.6 Å². The summed E-state index contributed by atoms with van der Waals surface area (Å²) in [7, 11) is 0. The minimum atomic E-state index is -0.637. The highest BCUT2D eigenvalue weighted by Gasteiger charge is 2.22. The van der Waals surface area contributed by atoms with Crippen LogP contribution in [0.25, 0.3) is 0 Å². The van der Waals surface area contributed by atoms with Gasteiger partial charge in [-0.05, 0) is 51.0 Å². The molecule has 19 heavy (non-hydrogen) atoms. The maximum absolute atomic E-state index is 11.5. The maximum Gasteiger partial charge on any atom is 0.316 e. The second-order valence-electron chi connectivity index (χ2n) is 5.33. The van der Waals surface area contributed by atoms with E-state index in [9.17, 15) is 9.90 Å². The van der Waals surface area contributed by atoms with Crippen molar-refractivity contribution in [2.75, 3.05) is 0 Å². The molecule has 1 aromatic rings. The van der Waals surface area contributed by atoms with Crippen LogP contribution in [0.2, 0.25) is 5.02 Å². The summed E-state index contributed by atoms with van der Waals surface area (Å²) in [6, 6.07) is 6.98. The third kappa shape index (κ3) is 5.45. The van der Waals surface area contributed by atoms with Gasteiger partial charge in [0, 0.05) is 5.02 Å². The molecule has 1 N–H and O–H groups in total. The molecule has 0 radical (unpaired) electrons. The second kappa shape index (κ2) is 6.73. The Morgan fingerprint density at radius 3 is 2.47 bits per heavy atom. The second-order valence-corrected chi connectivity index (χ2v) is 5.77. The SMILES string of the molecule is CC(C)(C)C(=O)O/C=C\CC(O)c1ccc(Cl)cc1. The Morgan fingerprint density at radius 2 is 1.95 bits per heavy atom. The van der Waals surface area contributed by atoms with E-state index in [2.05, 4.69) is 0 Å². The Balaban J connectivity index is 2.44. The molecule has 0 amide bonds. The number of carbonyl (C=O) groups is 1. The molecule has 0 bridgehead atoms. The first-order valence-corrected chi connectivity index (χ1v) is 6.48. The number of aliphatic hydroxyl groups excluding tert-OH is 1. The molecule has 0 aromatic heterocycles. The van der Waals surface area contributed by atoms with E-state index in [0.29, 0.717) is 11.4 Å². The highest BCUT2D eigenvalue weighted by Crippen LogP contribution is 2.20. The van der Waals surface area contributed by atoms with Gasteiger partial charge in [-0.2, -0.15) is 0 Å². The highest BCUT2D eigenvalue weighted by atomic mass is 35.5. The number of aliphatic hydroxyl groups is 1. The van der Waals surface area contributed by atoms with Gasteiger partial charge >= 0.3 is 5.97 Å². The van der Waals surface area contributed by atoms with E-state index in [4.69, 9.17) is 16.3 Å². The summed E-state index contributed by atoms with van der Waals surface area (Å²) < 4.78 is 4.96. The van der Waals surface area contributed by atoms with Crippen molar-refractivity contribution in [3.05, 3.63) is 47.2 Å². The lowest BCUT2D eigenvalue weighted by Crippen LogP contribution is -2.20. The highest BCUT2D eigenvalue weighted by molar-refractivity contribution is 6.30. The Bertz CT molecular complexity index is 443. The lowest BCUT2D eigenvalue weighted by Gasteiger charge is -2.14. The molecule has 0 aliphatic heterocycles. The van der Waals surface area contributed by atoms with Crippen LogP contribution in [0.4, 0.5) is 0 Å². The summed E-state index contributed by atoms with van der Waals surface area (Å²) in [5, 5.41) is 10.5. The summed E-state index contributed by atoms with van der Waals surface area (Å²) in [6.07, 6.45) is 2.69. The van der Waals surface area contributed by atoms with Crippen LogP contribution in [0.15, 0.2) is 36.6 Å². The number of esters is 1. The van der Waals surface area contributed by atoms with Crippen LogP contribution in [0.5, 0.6) is 0 Å². The minimum absolute atomic E-state index is 0.301. The van der Waals surface area contributed by atoms with Crippen molar-refractivity contribution in [3.8, 4) is 0 Å². The summed E-state index contributed by atoms with van der Waals surface area (Å²) in [4.78, 5) is 11.5. The van der Waals surface area contributed by atoms with Crippen molar-refractivity contribution in [3.63, 3.8) is 0 Å². The largest absolute Gasteiger partial charge is 0.434 e. The van der Waals surface area contributed by atoms with Gasteiger partial charge in [0.05, 0.1) is 17.8 Å². The fraction of sp³-hybridized carbons (Fsp3) is 0.400. The van der Waals surface area contributed by atoms with E-state index < -0.39 is 11.5 Å². The van der Waals surface area contributed by atoms with Crippen LogP contribution in [-0.4, -0.2) is 11.1 Å². The smallest absolute Gasteiger partial charge is 0.316 e. The molecule has 0 saturated heterocycles. The minimum Gasteiger partial charge on any atom is -0.434 e. The molecule has 1 atom stereocenters. The number of rotatable bonds is 4. The molecular formula is C15H19ClO3. The molecule has 1 aromatic carbocycles. The maximum atomic E-state index is 11.5. The zero-order valence-electron chi connectivity index (χ0n) is 11.4. The Kier molecular flexibility index (Phi) is 5.58. The molecule has 4 heteroatoms. The zero-order chi connectivity index (χ0) is 14.5. The van der Waals surface area contributed by atoms with Crippen LogP contribution in [-0.2, 0) is 9.53 Å². The summed E-state index contributed by atoms with van der Waals surface area (Å²) >= 11 is 5.77. The molecule has 3 nitrogen and oxygen atoms in total. The predicted octanol–water partition coefficient (Wildman–Crippen LogP) is 3.87. The van der Waals surface area contributed by atoms with Crippen molar-refractivity contribution < 1.29 is 14.6 Å². The number of benzene rings is 1. The van der Waals surface area contributed by atoms with Crippen LogP contribution >= 0.6 is 11.6 Å². The number of carbonyl (C=O) groups excluding carboxylic acids is 1. The normalized spacial score (nSPS) is 13.5. The van der Waals surface area contributed by atoms with E-state index in [0.717, 1.165) is 5.56 Å². The number of hydrogen-bond donors (Lipinski definition) is 1. The van der Waals surface area contributed by atoms with Crippen molar-refractivity contribution in [1.82, 2.24) is 0 Å². The average molecular weight is 283 g/mol. The van der Waals surface area contributed by atoms with Gasteiger partial charge in [-0.1, -0.05) is 23.7 Å². The predicted molar refractivity (Wildman–Crippen MR) is 75.7 cm³/mol. The van der Waals surface area contributed by atoms with Crippen LogP contribution in [0.1, 0.15) is 38.9 Å². The van der Waals surface area contributed by atoms with Gasteiger partial charge in [0.2, 0.25) is 0 Å². The van der Waals surface area contributed by atoms with E-state index in [1.807, 2.05) is 0 Å². The molecule has 0 saturated carbocycles. The number of hydrogen-bond acceptors (Lipinski definition) is 3. The molecule has 0 spiro atoms. The first kappa shape index (κ1) is 15.7. The number of ether oxygens (including phenoxy) is 1. The van der Waals surface area contributed by atoms with Crippen molar-refractivity contribution in [2.45, 2.75) is 33.3 Å². The molecular weight excluding hydrogens is 264 g/mol. The Labute approximate surface area is 118 Å². The zero-order valence-corrected chi connectivity index (χ0v) is 12.1. The van der Waals surface area contributed by atoms with Gasteiger partial charge in [0.25, 0.3) is 0 Å². The van der Waals surface area contributed by atoms with Crippen molar-refractivity contribution in [1.29, 1.82) is 0 Å². The molecule has 0 heterocycles. The first-order valence-electron chi connectivity index (χ1n) is 6.10. The third-order valence-corrected chi connectivity index (χ3v) is 2.75. The standard InChI is InChI=1S/C15H19ClO3/c1-15(2,3)14(18)19-10-4-5-13(17)11-6-8-12(16)9-7-11/h4,6-10,13,17H,5H2,1-3H3/b10-4-. The Morgan fingerprint density at radius 1 is 1.37 bits per heavy atom. The molecule has 0 aliphatic carbocycles. The van der Waals surface area contributed by atoms with Crippen molar-refractivity contribution in [2.24, 2.45) is 5.41 Å². The quantitative estimate of drug-likeness (QED) is 0.674. The number of halogens is 1. The molecule has 1 rings (SSSR count). The van der Waals surface area contributed by atoms with Gasteiger partial charge in [0.15, 0.2) is 0 Å². The van der Waals surface area contributed by atoms with Crippen LogP contribution < -0.4 is 0 Å². The molecule has 104 valence electrons. The van der Waals surface area contributed by atoms with Gasteiger partial charge in [-0.25, -0.2) is 0 Å². The van der Waals surface area contributed by atoms with Crippen LogP contribution in [0.3, 0.4) is 0 Å². The van der Waals surface area contributed by atoms with Gasteiger partial charge in [-0.15, -0.1) is 0 Å². The lowest BCUT2D eigenvalue weighted by atomic mass is 9.97. The van der Waals surface area contributed by atoms with E-state index in [-0.39, 0.29) is 5.97 Å². The molecule has 1 unspecified atom stereocenters. The van der Waals surface area contributed by atoms with Gasteiger partial charge in [0.1, 0.15) is 0 Å².